The second-order valence-electron chi connectivity index (χ2n) is 8.12. The van der Waals surface area contributed by atoms with Crippen LogP contribution in [0, 0.1) is 5.82 Å². The lowest BCUT2D eigenvalue weighted by molar-refractivity contribution is 0.0947. The zero-order valence-electron chi connectivity index (χ0n) is 18.2. The molecule has 0 bridgehead atoms. The predicted molar refractivity (Wildman–Crippen MR) is 119 cm³/mol. The van der Waals surface area contributed by atoms with E-state index in [-0.39, 0.29) is 11.7 Å². The lowest BCUT2D eigenvalue weighted by atomic mass is 9.99. The lowest BCUT2D eigenvalue weighted by Crippen LogP contribution is -2.37. The van der Waals surface area contributed by atoms with Crippen molar-refractivity contribution in [1.82, 2.24) is 10.2 Å². The van der Waals surface area contributed by atoms with Gasteiger partial charge in [-0.25, -0.2) is 4.39 Å². The van der Waals surface area contributed by atoms with Crippen LogP contribution in [0.3, 0.4) is 0 Å². The van der Waals surface area contributed by atoms with E-state index in [1.165, 1.54) is 17.2 Å². The van der Waals surface area contributed by atoms with Gasteiger partial charge in [-0.2, -0.15) is 0 Å². The van der Waals surface area contributed by atoms with Gasteiger partial charge in [0.05, 0.1) is 19.9 Å². The largest absolute Gasteiger partial charge is 0.493 e. The van der Waals surface area contributed by atoms with Crippen LogP contribution in [0.5, 0.6) is 11.5 Å². The summed E-state index contributed by atoms with van der Waals surface area (Å²) in [5.74, 6) is 0.919. The third-order valence-electron chi connectivity index (χ3n) is 6.17. The van der Waals surface area contributed by atoms with E-state index in [4.69, 9.17) is 9.47 Å². The van der Waals surface area contributed by atoms with Crippen LogP contribution in [0.15, 0.2) is 30.3 Å². The van der Waals surface area contributed by atoms with Crippen LogP contribution in [0.25, 0.3) is 0 Å². The van der Waals surface area contributed by atoms with E-state index in [1.807, 2.05) is 17.0 Å². The van der Waals surface area contributed by atoms with Crippen LogP contribution in [0.4, 0.5) is 10.1 Å². The minimum absolute atomic E-state index is 0.240. The van der Waals surface area contributed by atoms with Crippen LogP contribution in [-0.4, -0.2) is 57.8 Å². The van der Waals surface area contributed by atoms with Gasteiger partial charge in [-0.05, 0) is 60.7 Å². The predicted octanol–water partition coefficient (Wildman–Crippen LogP) is 3.23. The number of carbonyl (C=O) groups is 1. The van der Waals surface area contributed by atoms with Gasteiger partial charge in [0.25, 0.3) is 5.91 Å². The normalized spacial score (nSPS) is 16.2. The van der Waals surface area contributed by atoms with Gasteiger partial charge in [0.2, 0.25) is 0 Å². The molecule has 0 unspecified atom stereocenters. The van der Waals surface area contributed by atoms with Gasteiger partial charge in [0.1, 0.15) is 5.82 Å². The molecule has 1 N–H and O–H groups in total. The Bertz CT molecular complexity index is 944. The molecule has 0 radical (unpaired) electrons. The fraction of sp³-hybridized carbons (Fsp3) is 0.458. The number of anilines is 1. The monoisotopic (exact) mass is 427 g/mol. The Morgan fingerprint density at radius 2 is 1.74 bits per heavy atom. The molecule has 2 aromatic rings. The number of rotatable bonds is 7. The maximum Gasteiger partial charge on any atom is 0.251 e. The molecule has 2 aromatic carbocycles. The van der Waals surface area contributed by atoms with Crippen LogP contribution < -0.4 is 19.7 Å². The summed E-state index contributed by atoms with van der Waals surface area (Å²) in [4.78, 5) is 16.8. The van der Waals surface area contributed by atoms with E-state index in [0.717, 1.165) is 63.5 Å². The molecule has 2 aliphatic rings. The van der Waals surface area contributed by atoms with Gasteiger partial charge in [-0.3, -0.25) is 9.69 Å². The molecule has 31 heavy (non-hydrogen) atoms. The third-order valence-corrected chi connectivity index (χ3v) is 6.17. The molecule has 166 valence electrons. The first-order valence-electron chi connectivity index (χ1n) is 10.9. The minimum atomic E-state index is -0.327. The molecule has 1 fully saturated rings. The van der Waals surface area contributed by atoms with E-state index >= 15 is 0 Å². The second-order valence-corrected chi connectivity index (χ2v) is 8.12. The number of methoxy groups -OCH3 is 2. The van der Waals surface area contributed by atoms with Crippen LogP contribution >= 0.6 is 0 Å². The Balaban J connectivity index is 1.30. The standard InChI is InChI=1S/C24H30FN3O3/c1-30-22-14-17-7-11-27(16-19(17)15-23(22)31-2)12-8-26-24(29)18-5-6-21(20(25)13-18)28-9-3-4-10-28/h5-6,13-15H,3-4,7-12,16H2,1-2H3,(H,26,29). The Morgan fingerprint density at radius 1 is 1.03 bits per heavy atom. The van der Waals surface area contributed by atoms with Crippen molar-refractivity contribution in [3.8, 4) is 11.5 Å². The SMILES string of the molecule is COc1cc2c(cc1OC)CN(CCNC(=O)c1ccc(N3CCCC3)c(F)c1)CC2. The molecule has 7 heteroatoms. The molecular weight excluding hydrogens is 397 g/mol. The Hall–Kier alpha value is -2.80. The second kappa shape index (κ2) is 9.56. The van der Waals surface area contributed by atoms with Crippen molar-refractivity contribution in [2.24, 2.45) is 0 Å². The van der Waals surface area contributed by atoms with Crippen LogP contribution in [0.2, 0.25) is 0 Å². The summed E-state index contributed by atoms with van der Waals surface area (Å²) in [5, 5.41) is 2.92. The van der Waals surface area contributed by atoms with Crippen LogP contribution in [-0.2, 0) is 13.0 Å². The number of fused-ring (bicyclic) bond motifs is 1. The average molecular weight is 428 g/mol. The molecule has 0 aromatic heterocycles. The van der Waals surface area contributed by atoms with E-state index in [9.17, 15) is 9.18 Å². The molecule has 4 rings (SSSR count). The number of hydrogen-bond acceptors (Lipinski definition) is 5. The summed E-state index contributed by atoms with van der Waals surface area (Å²) in [5.41, 5.74) is 3.44. The summed E-state index contributed by atoms with van der Waals surface area (Å²) in [6.07, 6.45) is 3.10. The first kappa shape index (κ1) is 21.4. The molecule has 0 atom stereocenters. The van der Waals surface area contributed by atoms with Crippen molar-refractivity contribution in [3.63, 3.8) is 0 Å². The maximum absolute atomic E-state index is 14.5. The minimum Gasteiger partial charge on any atom is -0.493 e. The zero-order valence-corrected chi connectivity index (χ0v) is 18.2. The van der Waals surface area contributed by atoms with Crippen LogP contribution in [0.1, 0.15) is 34.3 Å². The Kier molecular flexibility index (Phi) is 6.61. The highest BCUT2D eigenvalue weighted by Gasteiger charge is 2.20. The first-order chi connectivity index (χ1) is 15.1. The lowest BCUT2D eigenvalue weighted by Gasteiger charge is -2.29. The number of carbonyl (C=O) groups excluding carboxylic acids is 1. The van der Waals surface area contributed by atoms with Crippen molar-refractivity contribution in [2.45, 2.75) is 25.8 Å². The van der Waals surface area contributed by atoms with Gasteiger partial charge in [0.15, 0.2) is 11.5 Å². The molecule has 6 nitrogen and oxygen atoms in total. The summed E-state index contributed by atoms with van der Waals surface area (Å²) in [7, 11) is 3.29. The van der Waals surface area contributed by atoms with E-state index < -0.39 is 0 Å². The van der Waals surface area contributed by atoms with E-state index in [1.54, 1.807) is 26.4 Å². The molecule has 0 spiro atoms. The molecule has 0 saturated carbocycles. The third kappa shape index (κ3) is 4.77. The van der Waals surface area contributed by atoms with Gasteiger partial charge in [-0.15, -0.1) is 0 Å². The maximum atomic E-state index is 14.5. The highest BCUT2D eigenvalue weighted by atomic mass is 19.1. The Morgan fingerprint density at radius 3 is 2.42 bits per heavy atom. The molecule has 0 aliphatic carbocycles. The summed E-state index contributed by atoms with van der Waals surface area (Å²) >= 11 is 0. The molecule has 2 aliphatic heterocycles. The topological polar surface area (TPSA) is 54.0 Å². The number of amides is 1. The van der Waals surface area contributed by atoms with Crippen molar-refractivity contribution in [2.75, 3.05) is 51.8 Å². The highest BCUT2D eigenvalue weighted by molar-refractivity contribution is 5.94. The fourth-order valence-electron chi connectivity index (χ4n) is 4.42. The molecule has 2 heterocycles. The van der Waals surface area contributed by atoms with E-state index in [0.29, 0.717) is 17.8 Å². The quantitative estimate of drug-likeness (QED) is 0.735. The average Bonchev–Trinajstić information content (AvgIpc) is 3.32. The summed E-state index contributed by atoms with van der Waals surface area (Å²) < 4.78 is 25.3. The molecule has 1 amide bonds. The number of hydrogen-bond donors (Lipinski definition) is 1. The van der Waals surface area contributed by atoms with Gasteiger partial charge < -0.3 is 19.7 Å². The fourth-order valence-corrected chi connectivity index (χ4v) is 4.42. The van der Waals surface area contributed by atoms with Gasteiger partial charge in [0, 0.05) is 44.8 Å². The van der Waals surface area contributed by atoms with Crippen molar-refractivity contribution in [3.05, 3.63) is 52.8 Å². The molecular formula is C24H30FN3O3. The highest BCUT2D eigenvalue weighted by Crippen LogP contribution is 2.33. The zero-order chi connectivity index (χ0) is 21.8. The van der Waals surface area contributed by atoms with E-state index in [2.05, 4.69) is 10.2 Å². The van der Waals surface area contributed by atoms with Gasteiger partial charge >= 0.3 is 0 Å². The van der Waals surface area contributed by atoms with Crippen molar-refractivity contribution >= 4 is 11.6 Å². The van der Waals surface area contributed by atoms with Crippen molar-refractivity contribution < 1.29 is 18.7 Å². The van der Waals surface area contributed by atoms with Crippen molar-refractivity contribution in [1.29, 1.82) is 0 Å². The molecule has 1 saturated heterocycles. The number of nitrogens with one attached hydrogen (secondary N) is 1. The Labute approximate surface area is 182 Å². The number of benzene rings is 2. The number of ether oxygens (including phenoxy) is 2. The first-order valence-corrected chi connectivity index (χ1v) is 10.9. The smallest absolute Gasteiger partial charge is 0.251 e. The summed E-state index contributed by atoms with van der Waals surface area (Å²) in [6.45, 7) is 4.70. The number of halogens is 1. The van der Waals surface area contributed by atoms with Gasteiger partial charge in [-0.1, -0.05) is 0 Å². The summed E-state index contributed by atoms with van der Waals surface area (Å²) in [6, 6.07) is 8.86. The number of nitrogens with zero attached hydrogens (tertiary/aromatic N) is 2.